The molecule has 3 aromatic rings. The molecule has 0 aliphatic rings. The van der Waals surface area contributed by atoms with E-state index < -0.39 is 0 Å². The van der Waals surface area contributed by atoms with Crippen LogP contribution in [0.25, 0.3) is 0 Å². The number of nitrogens with one attached hydrogen (secondary N) is 2. The lowest BCUT2D eigenvalue weighted by Crippen LogP contribution is -2.14. The monoisotopic (exact) mass is 338 g/mol. The lowest BCUT2D eigenvalue weighted by atomic mass is 10.3. The van der Waals surface area contributed by atoms with Gasteiger partial charge in [-0.15, -0.1) is 10.2 Å². The first kappa shape index (κ1) is 16.4. The highest BCUT2D eigenvalue weighted by molar-refractivity contribution is 6.02. The first-order valence-corrected chi connectivity index (χ1v) is 7.46. The fourth-order valence-electron chi connectivity index (χ4n) is 2.10. The zero-order chi connectivity index (χ0) is 17.6. The van der Waals surface area contributed by atoms with E-state index in [1.54, 1.807) is 55.6 Å². The second-order valence-corrected chi connectivity index (χ2v) is 5.12. The molecule has 0 radical (unpaired) electrons. The van der Waals surface area contributed by atoms with E-state index in [1.165, 1.54) is 12.1 Å². The molecule has 3 rings (SSSR count). The minimum atomic E-state index is -0.380. The fraction of sp³-hybridized carbons (Fsp3) is 0.0556. The van der Waals surface area contributed by atoms with Crippen molar-refractivity contribution in [3.05, 3.63) is 72.2 Å². The van der Waals surface area contributed by atoms with Crippen LogP contribution in [0.2, 0.25) is 0 Å². The van der Waals surface area contributed by atoms with Crippen LogP contribution in [0.1, 0.15) is 10.5 Å². The maximum absolute atomic E-state index is 12.9. The van der Waals surface area contributed by atoms with E-state index in [0.29, 0.717) is 22.9 Å². The molecule has 0 unspecified atom stereocenters. The summed E-state index contributed by atoms with van der Waals surface area (Å²) in [7, 11) is 1.55. The molecule has 1 heterocycles. The average molecular weight is 338 g/mol. The molecule has 1 amide bonds. The number of rotatable bonds is 5. The van der Waals surface area contributed by atoms with Gasteiger partial charge in [-0.2, -0.15) is 0 Å². The number of carbonyl (C=O) groups is 1. The van der Waals surface area contributed by atoms with E-state index in [2.05, 4.69) is 20.8 Å². The normalized spacial score (nSPS) is 10.2. The van der Waals surface area contributed by atoms with Gasteiger partial charge in [0.1, 0.15) is 11.6 Å². The Labute approximate surface area is 143 Å². The van der Waals surface area contributed by atoms with Crippen LogP contribution in [0.15, 0.2) is 60.7 Å². The molecule has 7 heteroatoms. The predicted octanol–water partition coefficient (Wildman–Crippen LogP) is 3.62. The molecule has 0 spiro atoms. The van der Waals surface area contributed by atoms with Crippen molar-refractivity contribution in [3.8, 4) is 5.75 Å². The molecule has 0 bridgehead atoms. The summed E-state index contributed by atoms with van der Waals surface area (Å²) in [6.07, 6.45) is 0. The lowest BCUT2D eigenvalue weighted by molar-refractivity contribution is 0.102. The quantitative estimate of drug-likeness (QED) is 0.743. The number of benzene rings is 2. The van der Waals surface area contributed by atoms with E-state index in [1.807, 2.05) is 0 Å². The van der Waals surface area contributed by atoms with Crippen LogP contribution in [0, 0.1) is 5.82 Å². The number of aromatic nitrogens is 2. The first-order chi connectivity index (χ1) is 12.1. The van der Waals surface area contributed by atoms with E-state index in [9.17, 15) is 9.18 Å². The third-order valence-electron chi connectivity index (χ3n) is 3.34. The van der Waals surface area contributed by atoms with Crippen molar-refractivity contribution in [2.45, 2.75) is 0 Å². The van der Waals surface area contributed by atoms with Gasteiger partial charge in [-0.25, -0.2) is 4.39 Å². The standard InChI is InChI=1S/C18H15FN4O2/c1-25-15-4-2-3-14(11-15)21-18(24)16-9-10-17(23-22-16)20-13-7-5-12(19)6-8-13/h2-11H,1H3,(H,20,23)(H,21,24). The molecule has 0 saturated heterocycles. The van der Waals surface area contributed by atoms with Gasteiger partial charge in [0.15, 0.2) is 11.5 Å². The van der Waals surface area contributed by atoms with Crippen molar-refractivity contribution in [1.29, 1.82) is 0 Å². The molecule has 0 saturated carbocycles. The molecule has 25 heavy (non-hydrogen) atoms. The van der Waals surface area contributed by atoms with Gasteiger partial charge in [0, 0.05) is 17.4 Å². The van der Waals surface area contributed by atoms with Crippen molar-refractivity contribution in [3.63, 3.8) is 0 Å². The molecule has 6 nitrogen and oxygen atoms in total. The molecular formula is C18H15FN4O2. The summed E-state index contributed by atoms with van der Waals surface area (Å²) in [5, 5.41) is 13.6. The number of carbonyl (C=O) groups excluding carboxylic acids is 1. The van der Waals surface area contributed by atoms with Crippen LogP contribution in [0.4, 0.5) is 21.6 Å². The van der Waals surface area contributed by atoms with Crippen molar-refractivity contribution >= 4 is 23.1 Å². The van der Waals surface area contributed by atoms with Crippen LogP contribution < -0.4 is 15.4 Å². The number of ether oxygens (including phenoxy) is 1. The third-order valence-corrected chi connectivity index (χ3v) is 3.34. The Bertz CT molecular complexity index is 867. The Morgan fingerprint density at radius 2 is 1.80 bits per heavy atom. The minimum absolute atomic E-state index is 0.174. The zero-order valence-electron chi connectivity index (χ0n) is 13.4. The summed E-state index contributed by atoms with van der Waals surface area (Å²) >= 11 is 0. The summed E-state index contributed by atoms with van der Waals surface area (Å²) in [5.74, 6) is 0.391. The Balaban J connectivity index is 1.66. The largest absolute Gasteiger partial charge is 0.497 e. The molecule has 2 N–H and O–H groups in total. The summed E-state index contributed by atoms with van der Waals surface area (Å²) in [6, 6.07) is 16.0. The number of methoxy groups -OCH3 is 1. The number of hydrogen-bond acceptors (Lipinski definition) is 5. The molecule has 0 fully saturated rings. The van der Waals surface area contributed by atoms with Crippen molar-refractivity contribution in [2.24, 2.45) is 0 Å². The molecular weight excluding hydrogens is 323 g/mol. The smallest absolute Gasteiger partial charge is 0.276 e. The van der Waals surface area contributed by atoms with Gasteiger partial charge in [-0.1, -0.05) is 6.07 Å². The Morgan fingerprint density at radius 1 is 1.00 bits per heavy atom. The second-order valence-electron chi connectivity index (χ2n) is 5.12. The van der Waals surface area contributed by atoms with E-state index >= 15 is 0 Å². The van der Waals surface area contributed by atoms with Crippen LogP contribution in [0.5, 0.6) is 5.75 Å². The first-order valence-electron chi connectivity index (χ1n) is 7.46. The third kappa shape index (κ3) is 4.29. The molecule has 0 aliphatic heterocycles. The van der Waals surface area contributed by atoms with E-state index in [-0.39, 0.29) is 17.4 Å². The highest BCUT2D eigenvalue weighted by atomic mass is 19.1. The number of nitrogens with zero attached hydrogens (tertiary/aromatic N) is 2. The van der Waals surface area contributed by atoms with Crippen LogP contribution in [-0.2, 0) is 0 Å². The lowest BCUT2D eigenvalue weighted by Gasteiger charge is -2.07. The van der Waals surface area contributed by atoms with Gasteiger partial charge in [-0.3, -0.25) is 4.79 Å². The molecule has 0 aliphatic carbocycles. The van der Waals surface area contributed by atoms with Gasteiger partial charge in [-0.05, 0) is 48.5 Å². The predicted molar refractivity (Wildman–Crippen MR) is 92.7 cm³/mol. The summed E-state index contributed by atoms with van der Waals surface area (Å²) in [6.45, 7) is 0. The van der Waals surface area contributed by atoms with Gasteiger partial charge in [0.2, 0.25) is 0 Å². The topological polar surface area (TPSA) is 76.1 Å². The highest BCUT2D eigenvalue weighted by Crippen LogP contribution is 2.18. The number of halogens is 1. The Kier molecular flexibility index (Phi) is 4.84. The van der Waals surface area contributed by atoms with Gasteiger partial charge in [0.05, 0.1) is 7.11 Å². The summed E-state index contributed by atoms with van der Waals surface area (Å²) in [4.78, 5) is 12.2. The molecule has 2 aromatic carbocycles. The molecule has 1 aromatic heterocycles. The van der Waals surface area contributed by atoms with E-state index in [4.69, 9.17) is 4.74 Å². The zero-order valence-corrected chi connectivity index (χ0v) is 13.4. The van der Waals surface area contributed by atoms with Crippen molar-refractivity contribution < 1.29 is 13.9 Å². The maximum Gasteiger partial charge on any atom is 0.276 e. The minimum Gasteiger partial charge on any atom is -0.497 e. The Hall–Kier alpha value is -3.48. The number of anilines is 3. The average Bonchev–Trinajstić information content (AvgIpc) is 2.64. The van der Waals surface area contributed by atoms with Gasteiger partial charge < -0.3 is 15.4 Å². The maximum atomic E-state index is 12.9. The SMILES string of the molecule is COc1cccc(NC(=O)c2ccc(Nc3ccc(F)cc3)nn2)c1. The van der Waals surface area contributed by atoms with E-state index in [0.717, 1.165) is 0 Å². The summed E-state index contributed by atoms with van der Waals surface area (Å²) < 4.78 is 18.0. The second kappa shape index (κ2) is 7.39. The van der Waals surface area contributed by atoms with Crippen molar-refractivity contribution in [1.82, 2.24) is 10.2 Å². The highest BCUT2D eigenvalue weighted by Gasteiger charge is 2.09. The van der Waals surface area contributed by atoms with Crippen LogP contribution in [0.3, 0.4) is 0 Å². The Morgan fingerprint density at radius 3 is 2.48 bits per heavy atom. The summed E-state index contributed by atoms with van der Waals surface area (Å²) in [5.41, 5.74) is 1.44. The molecule has 126 valence electrons. The van der Waals surface area contributed by atoms with Crippen LogP contribution >= 0.6 is 0 Å². The number of hydrogen-bond donors (Lipinski definition) is 2. The fourth-order valence-corrected chi connectivity index (χ4v) is 2.10. The van der Waals surface area contributed by atoms with Crippen LogP contribution in [-0.4, -0.2) is 23.2 Å². The van der Waals surface area contributed by atoms with Crippen molar-refractivity contribution in [2.75, 3.05) is 17.7 Å². The molecule has 0 atom stereocenters. The van der Waals surface area contributed by atoms with Gasteiger partial charge in [0.25, 0.3) is 5.91 Å². The van der Waals surface area contributed by atoms with Gasteiger partial charge >= 0.3 is 0 Å². The number of amides is 1.